The van der Waals surface area contributed by atoms with Gasteiger partial charge >= 0.3 is 6.18 Å². The molecule has 1 unspecified atom stereocenters. The van der Waals surface area contributed by atoms with E-state index in [1.54, 1.807) is 0 Å². The van der Waals surface area contributed by atoms with Crippen molar-refractivity contribution < 1.29 is 31.2 Å². The van der Waals surface area contributed by atoms with Crippen molar-refractivity contribution in [2.45, 2.75) is 31.8 Å². The highest BCUT2D eigenvalue weighted by Crippen LogP contribution is 2.35. The van der Waals surface area contributed by atoms with Crippen molar-refractivity contribution in [2.24, 2.45) is 11.3 Å². The van der Waals surface area contributed by atoms with Crippen LogP contribution in [-0.4, -0.2) is 26.2 Å². The molecular formula is C16H16F3NO4S. The summed E-state index contributed by atoms with van der Waals surface area (Å²) in [4.78, 5) is 24.0. The summed E-state index contributed by atoms with van der Waals surface area (Å²) in [7, 11) is -3.94. The first-order chi connectivity index (χ1) is 11.1. The number of alkyl halides is 3. The monoisotopic (exact) mass is 375 g/mol. The molecule has 0 fully saturated rings. The largest absolute Gasteiger partial charge is 0.417 e. The van der Waals surface area contributed by atoms with Gasteiger partial charge in [-0.05, 0) is 18.2 Å². The molecule has 0 aliphatic rings. The van der Waals surface area contributed by atoms with Crippen LogP contribution in [0.1, 0.15) is 36.7 Å². The average Bonchev–Trinajstić information content (AvgIpc) is 2.44. The predicted molar refractivity (Wildman–Crippen MR) is 82.4 cm³/mol. The van der Waals surface area contributed by atoms with Crippen LogP contribution in [0.15, 0.2) is 23.1 Å². The van der Waals surface area contributed by atoms with E-state index >= 15 is 0 Å². The van der Waals surface area contributed by atoms with Crippen LogP contribution in [0.5, 0.6) is 0 Å². The zero-order valence-electron chi connectivity index (χ0n) is 13.9. The molecule has 0 aromatic heterocycles. The summed E-state index contributed by atoms with van der Waals surface area (Å²) in [5, 5.41) is 9.10. The van der Waals surface area contributed by atoms with Gasteiger partial charge in [-0.1, -0.05) is 20.8 Å². The molecule has 25 heavy (non-hydrogen) atoms. The molecule has 0 saturated carbocycles. The second-order valence-electron chi connectivity index (χ2n) is 6.52. The zero-order chi connectivity index (χ0) is 19.8. The molecule has 136 valence electrons. The van der Waals surface area contributed by atoms with E-state index in [1.807, 2.05) is 0 Å². The smallest absolute Gasteiger partial charge is 0.297 e. The Labute approximate surface area is 143 Å². The molecule has 0 heterocycles. The fourth-order valence-corrected chi connectivity index (χ4v) is 2.68. The molecule has 1 atom stereocenters. The molecule has 5 nitrogen and oxygen atoms in total. The molecule has 9 heteroatoms. The summed E-state index contributed by atoms with van der Waals surface area (Å²) >= 11 is 0. The third kappa shape index (κ3) is 4.66. The number of Topliss-reactive ketones (excluding diaryl/α,β-unsaturated/α-hetero) is 2. The quantitative estimate of drug-likeness (QED) is 0.596. The number of nitrogens with zero attached hydrogens (tertiary/aromatic N) is 1. The molecule has 0 aliphatic heterocycles. The Hall–Kier alpha value is -2.21. The van der Waals surface area contributed by atoms with Crippen molar-refractivity contribution in [3.05, 3.63) is 29.3 Å². The van der Waals surface area contributed by atoms with Crippen LogP contribution in [-0.2, 0) is 20.8 Å². The number of carbonyl (C=O) groups is 2. The van der Waals surface area contributed by atoms with E-state index in [-0.39, 0.29) is 0 Å². The van der Waals surface area contributed by atoms with Crippen LogP contribution in [0.3, 0.4) is 0 Å². The zero-order valence-corrected chi connectivity index (χ0v) is 14.7. The van der Waals surface area contributed by atoms with Crippen molar-refractivity contribution in [3.63, 3.8) is 0 Å². The van der Waals surface area contributed by atoms with Crippen LogP contribution >= 0.6 is 0 Å². The Morgan fingerprint density at radius 1 is 1.16 bits per heavy atom. The maximum atomic E-state index is 13.3. The van der Waals surface area contributed by atoms with Gasteiger partial charge in [-0.2, -0.15) is 18.4 Å². The lowest BCUT2D eigenvalue weighted by Gasteiger charge is -2.21. The average molecular weight is 375 g/mol. The van der Waals surface area contributed by atoms with Crippen LogP contribution in [0.2, 0.25) is 0 Å². The Morgan fingerprint density at radius 2 is 1.68 bits per heavy atom. The first-order valence-corrected chi connectivity index (χ1v) is 8.89. The Morgan fingerprint density at radius 3 is 2.04 bits per heavy atom. The lowest BCUT2D eigenvalue weighted by molar-refractivity contribution is -0.138. The van der Waals surface area contributed by atoms with Crippen LogP contribution < -0.4 is 0 Å². The second-order valence-corrected chi connectivity index (χ2v) is 8.53. The standard InChI is InChI=1S/C16H16F3NO4S/c1-15(2,3)14(22)11(8-20)13(21)10-6-5-9(25(4,23)24)7-12(10)16(17,18)19/h5-7,11H,1-4H3. The van der Waals surface area contributed by atoms with Gasteiger partial charge < -0.3 is 0 Å². The third-order valence-corrected chi connectivity index (χ3v) is 4.49. The number of rotatable bonds is 4. The first-order valence-electron chi connectivity index (χ1n) is 7.00. The predicted octanol–water partition coefficient (Wildman–Crippen LogP) is 3.05. The number of hydrogen-bond donors (Lipinski definition) is 0. The van der Waals surface area contributed by atoms with Crippen molar-refractivity contribution >= 4 is 21.4 Å². The Kier molecular flexibility index (Phi) is 5.50. The molecule has 0 bridgehead atoms. The topological polar surface area (TPSA) is 92.1 Å². The summed E-state index contributed by atoms with van der Waals surface area (Å²) in [5.41, 5.74) is -3.52. The molecule has 0 amide bonds. The minimum atomic E-state index is -5.03. The number of sulfone groups is 1. The number of halogens is 3. The van der Waals surface area contributed by atoms with Gasteiger partial charge in [0.05, 0.1) is 16.5 Å². The molecular weight excluding hydrogens is 359 g/mol. The van der Waals surface area contributed by atoms with Crippen LogP contribution in [0.25, 0.3) is 0 Å². The van der Waals surface area contributed by atoms with E-state index in [1.165, 1.54) is 26.8 Å². The minimum absolute atomic E-state index is 0.332. The van der Waals surface area contributed by atoms with E-state index in [9.17, 15) is 31.2 Å². The fourth-order valence-electron chi connectivity index (χ4n) is 2.03. The number of ketones is 2. The van der Waals surface area contributed by atoms with Crippen LogP contribution in [0, 0.1) is 22.7 Å². The Balaban J connectivity index is 3.59. The van der Waals surface area contributed by atoms with Gasteiger partial charge in [0.25, 0.3) is 0 Å². The van der Waals surface area contributed by atoms with E-state index in [0.717, 1.165) is 12.3 Å². The van der Waals surface area contributed by atoms with Crippen molar-refractivity contribution in [3.8, 4) is 6.07 Å². The molecule has 1 rings (SSSR count). The van der Waals surface area contributed by atoms with Gasteiger partial charge in [-0.25, -0.2) is 8.42 Å². The lowest BCUT2D eigenvalue weighted by atomic mass is 9.80. The molecule has 0 aliphatic carbocycles. The normalized spacial score (nSPS) is 13.8. The maximum Gasteiger partial charge on any atom is 0.417 e. The van der Waals surface area contributed by atoms with E-state index < -0.39 is 54.9 Å². The van der Waals surface area contributed by atoms with E-state index in [0.29, 0.717) is 12.1 Å². The van der Waals surface area contributed by atoms with Crippen LogP contribution in [0.4, 0.5) is 13.2 Å². The maximum absolute atomic E-state index is 13.3. The van der Waals surface area contributed by atoms with Crippen molar-refractivity contribution in [1.82, 2.24) is 0 Å². The first kappa shape index (κ1) is 20.8. The molecule has 1 aromatic rings. The molecule has 0 radical (unpaired) electrons. The van der Waals surface area contributed by atoms with Crippen molar-refractivity contribution in [2.75, 3.05) is 6.26 Å². The summed E-state index contributed by atoms with van der Waals surface area (Å²) in [6.07, 6.45) is -4.30. The number of hydrogen-bond acceptors (Lipinski definition) is 5. The molecule has 1 aromatic carbocycles. The SMILES string of the molecule is CC(C)(C)C(=O)C(C#N)C(=O)c1ccc(S(C)(=O)=O)cc1C(F)(F)F. The number of carbonyl (C=O) groups excluding carboxylic acids is 2. The lowest BCUT2D eigenvalue weighted by Crippen LogP contribution is -2.33. The minimum Gasteiger partial charge on any atom is -0.297 e. The highest BCUT2D eigenvalue weighted by atomic mass is 32.2. The fraction of sp³-hybridized carbons (Fsp3) is 0.438. The summed E-state index contributed by atoms with van der Waals surface area (Å²) in [6.45, 7) is 4.30. The molecule has 0 saturated heterocycles. The molecule has 0 spiro atoms. The van der Waals surface area contributed by atoms with E-state index in [4.69, 9.17) is 5.26 Å². The van der Waals surface area contributed by atoms with Gasteiger partial charge in [0.15, 0.2) is 27.3 Å². The van der Waals surface area contributed by atoms with Gasteiger partial charge in [0, 0.05) is 17.2 Å². The second kappa shape index (κ2) is 6.59. The number of nitriles is 1. The van der Waals surface area contributed by atoms with Gasteiger partial charge in [-0.15, -0.1) is 0 Å². The molecule has 0 N–H and O–H groups in total. The van der Waals surface area contributed by atoms with Gasteiger partial charge in [0.2, 0.25) is 0 Å². The highest BCUT2D eigenvalue weighted by Gasteiger charge is 2.41. The summed E-state index contributed by atoms with van der Waals surface area (Å²) in [6, 6.07) is 3.30. The highest BCUT2D eigenvalue weighted by molar-refractivity contribution is 7.90. The number of benzene rings is 1. The van der Waals surface area contributed by atoms with Gasteiger partial charge in [0.1, 0.15) is 0 Å². The van der Waals surface area contributed by atoms with Crippen molar-refractivity contribution in [1.29, 1.82) is 5.26 Å². The van der Waals surface area contributed by atoms with Gasteiger partial charge in [-0.3, -0.25) is 9.59 Å². The van der Waals surface area contributed by atoms with E-state index in [2.05, 4.69) is 0 Å². The third-order valence-electron chi connectivity index (χ3n) is 3.38. The summed E-state index contributed by atoms with van der Waals surface area (Å²) in [5.74, 6) is -4.04. The Bertz CT molecular complexity index is 859. The summed E-state index contributed by atoms with van der Waals surface area (Å²) < 4.78 is 62.7.